The van der Waals surface area contributed by atoms with Crippen molar-refractivity contribution in [2.45, 2.75) is 0 Å². The van der Waals surface area contributed by atoms with E-state index in [0.717, 1.165) is 0 Å². The Bertz CT molecular complexity index is 496. The first kappa shape index (κ1) is 13.7. The van der Waals surface area contributed by atoms with Gasteiger partial charge in [-0.25, -0.2) is 4.57 Å². The quantitative estimate of drug-likeness (QED) is 0.823. The third-order valence-corrected chi connectivity index (χ3v) is 4.07. The van der Waals surface area contributed by atoms with Crippen LogP contribution in [0.1, 0.15) is 0 Å². The van der Waals surface area contributed by atoms with Crippen molar-refractivity contribution in [3.05, 3.63) is 60.7 Å². The predicted molar refractivity (Wildman–Crippen MR) is 73.7 cm³/mol. The summed E-state index contributed by atoms with van der Waals surface area (Å²) in [5.41, 5.74) is 0. The lowest BCUT2D eigenvalue weighted by molar-refractivity contribution is 0.303. The molecule has 0 atom stereocenters. The first-order chi connectivity index (χ1) is 9.22. The second-order valence-corrected chi connectivity index (χ2v) is 5.90. The summed E-state index contributed by atoms with van der Waals surface area (Å²) in [4.78, 5) is 0. The van der Waals surface area contributed by atoms with Crippen LogP contribution in [0.3, 0.4) is 0 Å². The van der Waals surface area contributed by atoms with E-state index in [1.807, 2.05) is 12.1 Å². The molecule has 0 aliphatic carbocycles. The van der Waals surface area contributed by atoms with Gasteiger partial charge in [-0.2, -0.15) is 0 Å². The van der Waals surface area contributed by atoms with Crippen molar-refractivity contribution in [3.63, 3.8) is 0 Å². The van der Waals surface area contributed by atoms with Crippen LogP contribution in [0.15, 0.2) is 60.7 Å². The molecule has 0 radical (unpaired) electrons. The second kappa shape index (κ2) is 6.41. The van der Waals surface area contributed by atoms with E-state index in [4.69, 9.17) is 14.2 Å². The number of rotatable bonds is 6. The van der Waals surface area contributed by atoms with Crippen LogP contribution < -0.4 is 9.05 Å². The standard InChI is InChI=1S/C14H15O4P/c15-11-12-19(16,17-13-7-3-1-4-8-13)18-14-9-5-2-6-10-14/h1-10,15H,11-12H2. The maximum atomic E-state index is 12.5. The van der Waals surface area contributed by atoms with E-state index in [1.54, 1.807) is 48.5 Å². The van der Waals surface area contributed by atoms with Crippen LogP contribution in [0, 0.1) is 0 Å². The largest absolute Gasteiger partial charge is 0.433 e. The van der Waals surface area contributed by atoms with Crippen molar-refractivity contribution in [3.8, 4) is 11.5 Å². The van der Waals surface area contributed by atoms with Gasteiger partial charge < -0.3 is 14.2 Å². The van der Waals surface area contributed by atoms with Gasteiger partial charge in [0.25, 0.3) is 0 Å². The molecule has 0 bridgehead atoms. The number of hydrogen-bond acceptors (Lipinski definition) is 4. The van der Waals surface area contributed by atoms with Gasteiger partial charge in [-0.3, -0.25) is 0 Å². The molecule has 0 aromatic heterocycles. The lowest BCUT2D eigenvalue weighted by atomic mass is 10.3. The Balaban J connectivity index is 2.16. The molecule has 5 heteroatoms. The van der Waals surface area contributed by atoms with Gasteiger partial charge >= 0.3 is 7.60 Å². The highest BCUT2D eigenvalue weighted by Gasteiger charge is 2.27. The molecule has 19 heavy (non-hydrogen) atoms. The first-order valence-electron chi connectivity index (χ1n) is 5.91. The molecule has 2 aromatic carbocycles. The van der Waals surface area contributed by atoms with Crippen molar-refractivity contribution in [1.29, 1.82) is 0 Å². The molecule has 2 aromatic rings. The van der Waals surface area contributed by atoms with E-state index in [2.05, 4.69) is 0 Å². The van der Waals surface area contributed by atoms with E-state index in [1.165, 1.54) is 0 Å². The summed E-state index contributed by atoms with van der Waals surface area (Å²) >= 11 is 0. The Morgan fingerprint density at radius 1 is 0.842 bits per heavy atom. The molecule has 0 heterocycles. The highest BCUT2D eigenvalue weighted by molar-refractivity contribution is 7.54. The molecule has 0 saturated heterocycles. The molecular formula is C14H15O4P. The minimum atomic E-state index is -3.41. The minimum absolute atomic E-state index is 0.0587. The summed E-state index contributed by atoms with van der Waals surface area (Å²) in [6.07, 6.45) is -0.0587. The van der Waals surface area contributed by atoms with Crippen LogP contribution in [0.25, 0.3) is 0 Å². The highest BCUT2D eigenvalue weighted by atomic mass is 31.2. The van der Waals surface area contributed by atoms with Crippen LogP contribution in [0.2, 0.25) is 0 Å². The normalized spacial score (nSPS) is 11.0. The summed E-state index contributed by atoms with van der Waals surface area (Å²) in [6, 6.07) is 17.6. The Kier molecular flexibility index (Phi) is 4.61. The van der Waals surface area contributed by atoms with E-state index >= 15 is 0 Å². The molecule has 0 aliphatic rings. The van der Waals surface area contributed by atoms with Crippen LogP contribution >= 0.6 is 7.60 Å². The number of para-hydroxylation sites is 2. The summed E-state index contributed by atoms with van der Waals surface area (Å²) in [6.45, 7) is -0.267. The van der Waals surface area contributed by atoms with Crippen molar-refractivity contribution in [2.75, 3.05) is 12.8 Å². The fourth-order valence-electron chi connectivity index (χ4n) is 1.52. The smallest absolute Gasteiger partial charge is 0.416 e. The highest BCUT2D eigenvalue weighted by Crippen LogP contribution is 2.47. The molecule has 4 nitrogen and oxygen atoms in total. The monoisotopic (exact) mass is 278 g/mol. The number of aliphatic hydroxyl groups is 1. The molecule has 100 valence electrons. The van der Waals surface area contributed by atoms with E-state index in [0.29, 0.717) is 11.5 Å². The van der Waals surface area contributed by atoms with Gasteiger partial charge in [0.1, 0.15) is 11.5 Å². The SMILES string of the molecule is O=P(CCO)(Oc1ccccc1)Oc1ccccc1. The fraction of sp³-hybridized carbons (Fsp3) is 0.143. The van der Waals surface area contributed by atoms with Gasteiger partial charge in [-0.05, 0) is 24.3 Å². The number of hydrogen-bond donors (Lipinski definition) is 1. The van der Waals surface area contributed by atoms with Crippen molar-refractivity contribution in [1.82, 2.24) is 0 Å². The van der Waals surface area contributed by atoms with Gasteiger partial charge in [0.2, 0.25) is 0 Å². The van der Waals surface area contributed by atoms with Crippen LogP contribution in [-0.2, 0) is 4.57 Å². The van der Waals surface area contributed by atoms with Gasteiger partial charge in [0, 0.05) is 0 Å². The third kappa shape index (κ3) is 4.12. The van der Waals surface area contributed by atoms with Crippen molar-refractivity contribution >= 4 is 7.60 Å². The second-order valence-electron chi connectivity index (χ2n) is 3.87. The van der Waals surface area contributed by atoms with Gasteiger partial charge in [0.05, 0.1) is 12.8 Å². The Labute approximate surface area is 112 Å². The molecule has 0 fully saturated rings. The van der Waals surface area contributed by atoms with Crippen LogP contribution in [0.4, 0.5) is 0 Å². The summed E-state index contributed by atoms with van der Waals surface area (Å²) < 4.78 is 23.4. The Hall–Kier alpha value is -1.77. The number of aliphatic hydroxyl groups excluding tert-OH is 1. The van der Waals surface area contributed by atoms with E-state index < -0.39 is 7.60 Å². The summed E-state index contributed by atoms with van der Waals surface area (Å²) in [5, 5.41) is 9.03. The maximum Gasteiger partial charge on any atom is 0.433 e. The Morgan fingerprint density at radius 2 is 1.26 bits per heavy atom. The number of benzene rings is 2. The molecular weight excluding hydrogens is 263 g/mol. The molecule has 2 rings (SSSR count). The summed E-state index contributed by atoms with van der Waals surface area (Å²) in [7, 11) is -3.41. The predicted octanol–water partition coefficient (Wildman–Crippen LogP) is 3.33. The van der Waals surface area contributed by atoms with E-state index in [9.17, 15) is 4.57 Å². The zero-order chi connectivity index (χ0) is 13.6. The van der Waals surface area contributed by atoms with Crippen molar-refractivity contribution < 1.29 is 18.7 Å². The summed E-state index contributed by atoms with van der Waals surface area (Å²) in [5.74, 6) is 0.908. The lowest BCUT2D eigenvalue weighted by Gasteiger charge is -2.19. The zero-order valence-corrected chi connectivity index (χ0v) is 11.2. The molecule has 0 amide bonds. The van der Waals surface area contributed by atoms with Gasteiger partial charge in [-0.15, -0.1) is 0 Å². The molecule has 1 N–H and O–H groups in total. The fourth-order valence-corrected chi connectivity index (χ4v) is 2.87. The minimum Gasteiger partial charge on any atom is -0.416 e. The molecule has 0 aliphatic heterocycles. The van der Waals surface area contributed by atoms with Gasteiger partial charge in [0.15, 0.2) is 0 Å². The lowest BCUT2D eigenvalue weighted by Crippen LogP contribution is -2.07. The van der Waals surface area contributed by atoms with Crippen LogP contribution in [0.5, 0.6) is 11.5 Å². The average Bonchev–Trinajstić information content (AvgIpc) is 2.41. The third-order valence-electron chi connectivity index (χ3n) is 2.35. The maximum absolute atomic E-state index is 12.5. The Morgan fingerprint density at radius 3 is 1.63 bits per heavy atom. The van der Waals surface area contributed by atoms with Crippen molar-refractivity contribution in [2.24, 2.45) is 0 Å². The topological polar surface area (TPSA) is 55.8 Å². The first-order valence-corrected chi connectivity index (χ1v) is 7.64. The molecule has 0 unspecified atom stereocenters. The van der Waals surface area contributed by atoms with Gasteiger partial charge in [-0.1, -0.05) is 36.4 Å². The average molecular weight is 278 g/mol. The van der Waals surface area contributed by atoms with Crippen LogP contribution in [-0.4, -0.2) is 17.9 Å². The van der Waals surface area contributed by atoms with E-state index in [-0.39, 0.29) is 12.8 Å². The zero-order valence-electron chi connectivity index (χ0n) is 10.3. The molecule has 0 spiro atoms. The molecule has 0 saturated carbocycles.